The van der Waals surface area contributed by atoms with E-state index in [2.05, 4.69) is 9.55 Å². The van der Waals surface area contributed by atoms with Crippen molar-refractivity contribution in [3.63, 3.8) is 0 Å². The normalized spacial score (nSPS) is 14.1. The molecule has 4 rings (SSSR count). The van der Waals surface area contributed by atoms with Gasteiger partial charge in [-0.3, -0.25) is 0 Å². The number of amides is 1. The van der Waals surface area contributed by atoms with Gasteiger partial charge in [-0.15, -0.1) is 0 Å². The third-order valence-electron chi connectivity index (χ3n) is 4.47. The van der Waals surface area contributed by atoms with Gasteiger partial charge < -0.3 is 14.6 Å². The van der Waals surface area contributed by atoms with Gasteiger partial charge in [-0.25, -0.2) is 9.78 Å². The molecule has 1 aliphatic heterocycles. The van der Waals surface area contributed by atoms with Crippen molar-refractivity contribution in [1.82, 2.24) is 14.5 Å². The Hall–Kier alpha value is -2.50. The molecule has 0 fully saturated rings. The third kappa shape index (κ3) is 3.16. The number of benzene rings is 1. The minimum absolute atomic E-state index is 0.356. The molecular formula is C19H15Cl2N3O2. The number of carboxylic acid groups (broad SMARTS) is 1. The number of hydrogen-bond donors (Lipinski definition) is 1. The van der Waals surface area contributed by atoms with E-state index >= 15 is 0 Å². The van der Waals surface area contributed by atoms with Crippen LogP contribution in [0.2, 0.25) is 10.2 Å². The third-order valence-corrected chi connectivity index (χ3v) is 4.92. The summed E-state index contributed by atoms with van der Waals surface area (Å²) in [7, 11) is 0. The molecule has 0 aliphatic carbocycles. The Labute approximate surface area is 160 Å². The molecule has 0 radical (unpaired) electrons. The second kappa shape index (κ2) is 6.67. The van der Waals surface area contributed by atoms with Crippen LogP contribution in [0.25, 0.3) is 16.6 Å². The molecule has 1 amide bonds. The average molecular weight is 388 g/mol. The number of hydrogen-bond acceptors (Lipinski definition) is 2. The van der Waals surface area contributed by atoms with Crippen molar-refractivity contribution in [1.29, 1.82) is 0 Å². The fourth-order valence-corrected chi connectivity index (χ4v) is 3.62. The summed E-state index contributed by atoms with van der Waals surface area (Å²) < 4.78 is 2.13. The molecule has 0 bridgehead atoms. The van der Waals surface area contributed by atoms with E-state index in [0.29, 0.717) is 29.8 Å². The maximum Gasteiger partial charge on any atom is 0.407 e. The van der Waals surface area contributed by atoms with Crippen LogP contribution < -0.4 is 0 Å². The Morgan fingerprint density at radius 1 is 1.19 bits per heavy atom. The van der Waals surface area contributed by atoms with Gasteiger partial charge in [-0.05, 0) is 41.5 Å². The van der Waals surface area contributed by atoms with Crippen molar-refractivity contribution in [2.45, 2.75) is 6.54 Å². The molecule has 1 N–H and O–H groups in total. The highest BCUT2D eigenvalue weighted by Crippen LogP contribution is 2.29. The Morgan fingerprint density at radius 3 is 2.77 bits per heavy atom. The van der Waals surface area contributed by atoms with E-state index in [1.54, 1.807) is 6.07 Å². The number of nitrogens with zero attached hydrogens (tertiary/aromatic N) is 3. The maximum absolute atomic E-state index is 11.3. The quantitative estimate of drug-likeness (QED) is 0.658. The Bertz CT molecular complexity index is 1040. The van der Waals surface area contributed by atoms with E-state index < -0.39 is 6.09 Å². The summed E-state index contributed by atoms with van der Waals surface area (Å²) in [5.41, 5.74) is 4.69. The summed E-state index contributed by atoms with van der Waals surface area (Å²) in [6, 6.07) is 13.3. The van der Waals surface area contributed by atoms with Crippen molar-refractivity contribution in [3.05, 3.63) is 70.0 Å². The van der Waals surface area contributed by atoms with Crippen molar-refractivity contribution in [2.24, 2.45) is 0 Å². The van der Waals surface area contributed by atoms with E-state index in [1.165, 1.54) is 4.90 Å². The van der Waals surface area contributed by atoms with E-state index in [9.17, 15) is 9.90 Å². The molecule has 7 heteroatoms. The number of aromatic nitrogens is 2. The van der Waals surface area contributed by atoms with Crippen molar-refractivity contribution < 1.29 is 9.90 Å². The van der Waals surface area contributed by atoms with Crippen molar-refractivity contribution in [2.75, 3.05) is 13.1 Å². The molecule has 0 saturated heterocycles. The fourth-order valence-electron chi connectivity index (χ4n) is 3.26. The molecule has 3 aromatic rings. The number of fused-ring (bicyclic) bond motifs is 1. The lowest BCUT2D eigenvalue weighted by Crippen LogP contribution is -2.26. The van der Waals surface area contributed by atoms with Crippen LogP contribution in [0.4, 0.5) is 4.79 Å². The van der Waals surface area contributed by atoms with Crippen molar-refractivity contribution in [3.8, 4) is 0 Å². The molecule has 1 aliphatic rings. The summed E-state index contributed by atoms with van der Waals surface area (Å²) >= 11 is 12.2. The summed E-state index contributed by atoms with van der Waals surface area (Å²) in [5, 5.41) is 10.3. The molecular weight excluding hydrogens is 373 g/mol. The minimum atomic E-state index is -0.921. The van der Waals surface area contributed by atoms with Gasteiger partial charge in [-0.1, -0.05) is 41.4 Å². The molecule has 0 atom stereocenters. The molecule has 0 saturated carbocycles. The SMILES string of the molecule is O=C(O)N1CC=C(c2cc3nc(Cl)ccc3n2Cc2cccc(Cl)c2)C1. The smallest absolute Gasteiger partial charge is 0.407 e. The van der Waals surface area contributed by atoms with Crippen LogP contribution in [0.5, 0.6) is 0 Å². The number of carbonyl (C=O) groups is 1. The highest BCUT2D eigenvalue weighted by molar-refractivity contribution is 6.30. The minimum Gasteiger partial charge on any atom is -0.465 e. The van der Waals surface area contributed by atoms with Gasteiger partial charge in [0, 0.05) is 23.8 Å². The van der Waals surface area contributed by atoms with Crippen LogP contribution in [-0.4, -0.2) is 38.7 Å². The standard InChI is InChI=1S/C19H15Cl2N3O2/c20-14-3-1-2-12(8-14)10-24-16-4-5-18(21)22-15(16)9-17(24)13-6-7-23(11-13)19(25)26/h1-6,8-9H,7,10-11H2,(H,25,26). The van der Waals surface area contributed by atoms with Gasteiger partial charge in [-0.2, -0.15) is 0 Å². The molecule has 1 aromatic carbocycles. The first-order valence-electron chi connectivity index (χ1n) is 8.09. The fraction of sp³-hybridized carbons (Fsp3) is 0.158. The lowest BCUT2D eigenvalue weighted by atomic mass is 10.2. The van der Waals surface area contributed by atoms with Gasteiger partial charge in [0.1, 0.15) is 5.15 Å². The summed E-state index contributed by atoms with van der Waals surface area (Å²) in [6.07, 6.45) is 1.02. The molecule has 0 unspecified atom stereocenters. The van der Waals surface area contributed by atoms with Crippen molar-refractivity contribution >= 4 is 45.9 Å². The first kappa shape index (κ1) is 16.9. The molecule has 3 heterocycles. The van der Waals surface area contributed by atoms with Gasteiger partial charge >= 0.3 is 6.09 Å². The zero-order valence-electron chi connectivity index (χ0n) is 13.7. The van der Waals surface area contributed by atoms with Gasteiger partial charge in [0.25, 0.3) is 0 Å². The average Bonchev–Trinajstić information content (AvgIpc) is 3.20. The first-order chi connectivity index (χ1) is 12.5. The summed E-state index contributed by atoms with van der Waals surface area (Å²) in [4.78, 5) is 17.0. The monoisotopic (exact) mass is 387 g/mol. The molecule has 0 spiro atoms. The Balaban J connectivity index is 1.80. The van der Waals surface area contributed by atoms with Crippen LogP contribution in [0, 0.1) is 0 Å². The Morgan fingerprint density at radius 2 is 2.04 bits per heavy atom. The van der Waals surface area contributed by atoms with E-state index in [-0.39, 0.29) is 0 Å². The number of rotatable bonds is 3. The van der Waals surface area contributed by atoms with Gasteiger partial charge in [0.2, 0.25) is 0 Å². The molecule has 26 heavy (non-hydrogen) atoms. The van der Waals surface area contributed by atoms with Crippen LogP contribution in [0.3, 0.4) is 0 Å². The molecule has 5 nitrogen and oxygen atoms in total. The first-order valence-corrected chi connectivity index (χ1v) is 8.84. The topological polar surface area (TPSA) is 58.4 Å². The maximum atomic E-state index is 11.3. The number of pyridine rings is 1. The molecule has 132 valence electrons. The van der Waals surface area contributed by atoms with Gasteiger partial charge in [0.05, 0.1) is 17.6 Å². The Kier molecular flexibility index (Phi) is 4.34. The zero-order valence-corrected chi connectivity index (χ0v) is 15.2. The second-order valence-corrected chi connectivity index (χ2v) is 7.00. The molecule has 2 aromatic heterocycles. The van der Waals surface area contributed by atoms with Gasteiger partial charge in [0.15, 0.2) is 0 Å². The largest absolute Gasteiger partial charge is 0.465 e. The van der Waals surface area contributed by atoms with Crippen LogP contribution in [-0.2, 0) is 6.54 Å². The van der Waals surface area contributed by atoms with Crippen LogP contribution >= 0.6 is 23.2 Å². The zero-order chi connectivity index (χ0) is 18.3. The lowest BCUT2D eigenvalue weighted by Gasteiger charge is -2.14. The van der Waals surface area contributed by atoms with E-state index in [0.717, 1.165) is 27.9 Å². The lowest BCUT2D eigenvalue weighted by molar-refractivity contribution is 0.158. The predicted octanol–water partition coefficient (Wildman–Crippen LogP) is 4.77. The second-order valence-electron chi connectivity index (χ2n) is 6.18. The summed E-state index contributed by atoms with van der Waals surface area (Å²) in [5.74, 6) is 0. The number of halogens is 2. The van der Waals surface area contributed by atoms with E-state index in [4.69, 9.17) is 23.2 Å². The van der Waals surface area contributed by atoms with Crippen LogP contribution in [0.1, 0.15) is 11.3 Å². The highest BCUT2D eigenvalue weighted by Gasteiger charge is 2.23. The van der Waals surface area contributed by atoms with Crippen LogP contribution in [0.15, 0.2) is 48.5 Å². The van der Waals surface area contributed by atoms with E-state index in [1.807, 2.05) is 42.5 Å². The highest BCUT2D eigenvalue weighted by atomic mass is 35.5. The summed E-state index contributed by atoms with van der Waals surface area (Å²) in [6.45, 7) is 1.35. The predicted molar refractivity (Wildman–Crippen MR) is 103 cm³/mol.